The minimum absolute atomic E-state index is 0.795. The first-order chi connectivity index (χ1) is 8.17. The summed E-state index contributed by atoms with van der Waals surface area (Å²) in [5.74, 6) is 2.72. The smallest absolute Gasteiger partial charge is 0.0114 e. The lowest BCUT2D eigenvalue weighted by Gasteiger charge is -2.34. The standard InChI is InChI=1S/C15H30N2/c1-5-11(3)7-14(6-2)17-10-13-8-16-9-15(13)12(17)4/h11-16H,5-10H2,1-4H3. The second kappa shape index (κ2) is 5.71. The summed E-state index contributed by atoms with van der Waals surface area (Å²) in [6.45, 7) is 13.4. The molecule has 0 bridgehead atoms. The molecule has 0 aliphatic carbocycles. The Labute approximate surface area is 107 Å². The van der Waals surface area contributed by atoms with Gasteiger partial charge < -0.3 is 5.32 Å². The lowest BCUT2D eigenvalue weighted by atomic mass is 9.94. The molecule has 5 atom stereocenters. The van der Waals surface area contributed by atoms with Crippen LogP contribution in [0.15, 0.2) is 0 Å². The van der Waals surface area contributed by atoms with Gasteiger partial charge in [-0.1, -0.05) is 27.2 Å². The van der Waals surface area contributed by atoms with E-state index in [-0.39, 0.29) is 0 Å². The van der Waals surface area contributed by atoms with E-state index in [0.29, 0.717) is 0 Å². The highest BCUT2D eigenvalue weighted by Crippen LogP contribution is 2.35. The van der Waals surface area contributed by atoms with Crippen LogP contribution in [0.2, 0.25) is 0 Å². The summed E-state index contributed by atoms with van der Waals surface area (Å²) in [5.41, 5.74) is 0. The van der Waals surface area contributed by atoms with Crippen LogP contribution in [0.4, 0.5) is 0 Å². The van der Waals surface area contributed by atoms with Crippen LogP contribution < -0.4 is 5.32 Å². The van der Waals surface area contributed by atoms with E-state index in [2.05, 4.69) is 37.9 Å². The van der Waals surface area contributed by atoms with Crippen LogP contribution in [0.25, 0.3) is 0 Å². The number of nitrogens with one attached hydrogen (secondary N) is 1. The predicted octanol–water partition coefficient (Wildman–Crippen LogP) is 2.74. The van der Waals surface area contributed by atoms with Crippen LogP contribution in [-0.2, 0) is 0 Å². The third-order valence-electron chi connectivity index (χ3n) is 5.29. The Morgan fingerprint density at radius 3 is 2.59 bits per heavy atom. The average molecular weight is 238 g/mol. The van der Waals surface area contributed by atoms with E-state index in [1.807, 2.05) is 0 Å². The van der Waals surface area contributed by atoms with Crippen molar-refractivity contribution in [2.75, 3.05) is 19.6 Å². The van der Waals surface area contributed by atoms with Gasteiger partial charge in [0.15, 0.2) is 0 Å². The molecule has 100 valence electrons. The minimum atomic E-state index is 0.795. The van der Waals surface area contributed by atoms with Crippen LogP contribution in [-0.4, -0.2) is 36.6 Å². The SMILES string of the molecule is CCC(C)CC(CC)N1CC2CNCC2C1C. The van der Waals surface area contributed by atoms with Crippen LogP contribution in [0.3, 0.4) is 0 Å². The summed E-state index contributed by atoms with van der Waals surface area (Å²) in [7, 11) is 0. The number of nitrogens with zero attached hydrogens (tertiary/aromatic N) is 1. The molecule has 2 nitrogen and oxygen atoms in total. The number of hydrogen-bond acceptors (Lipinski definition) is 2. The second-order valence-corrected chi connectivity index (χ2v) is 6.33. The fourth-order valence-corrected chi connectivity index (χ4v) is 3.85. The molecule has 17 heavy (non-hydrogen) atoms. The molecule has 0 saturated carbocycles. The quantitative estimate of drug-likeness (QED) is 0.792. The molecular weight excluding hydrogens is 208 g/mol. The molecule has 0 aromatic rings. The van der Waals surface area contributed by atoms with E-state index in [9.17, 15) is 0 Å². The van der Waals surface area contributed by atoms with Gasteiger partial charge in [0.25, 0.3) is 0 Å². The Morgan fingerprint density at radius 1 is 1.24 bits per heavy atom. The van der Waals surface area contributed by atoms with Crippen molar-refractivity contribution < 1.29 is 0 Å². The minimum Gasteiger partial charge on any atom is -0.316 e. The Bertz CT molecular complexity index is 241. The molecule has 0 spiro atoms. The van der Waals surface area contributed by atoms with Crippen LogP contribution in [0.1, 0.15) is 47.0 Å². The van der Waals surface area contributed by atoms with Gasteiger partial charge in [-0.15, -0.1) is 0 Å². The lowest BCUT2D eigenvalue weighted by molar-refractivity contribution is 0.142. The molecule has 5 unspecified atom stereocenters. The molecule has 0 radical (unpaired) electrons. The van der Waals surface area contributed by atoms with Crippen LogP contribution >= 0.6 is 0 Å². The number of likely N-dealkylation sites (tertiary alicyclic amines) is 1. The van der Waals surface area contributed by atoms with Gasteiger partial charge >= 0.3 is 0 Å². The highest BCUT2D eigenvalue weighted by atomic mass is 15.2. The van der Waals surface area contributed by atoms with Crippen molar-refractivity contribution in [2.24, 2.45) is 17.8 Å². The van der Waals surface area contributed by atoms with Gasteiger partial charge in [0.2, 0.25) is 0 Å². The van der Waals surface area contributed by atoms with Crippen molar-refractivity contribution in [1.82, 2.24) is 10.2 Å². The Balaban J connectivity index is 1.96. The number of fused-ring (bicyclic) bond motifs is 1. The van der Waals surface area contributed by atoms with Crippen molar-refractivity contribution in [3.63, 3.8) is 0 Å². The predicted molar refractivity (Wildman–Crippen MR) is 74.2 cm³/mol. The lowest BCUT2D eigenvalue weighted by Crippen LogP contribution is -2.41. The third-order valence-corrected chi connectivity index (χ3v) is 5.29. The van der Waals surface area contributed by atoms with Gasteiger partial charge in [-0.3, -0.25) is 4.90 Å². The summed E-state index contributed by atoms with van der Waals surface area (Å²) in [6, 6.07) is 1.62. The van der Waals surface area contributed by atoms with Crippen molar-refractivity contribution in [1.29, 1.82) is 0 Å². The van der Waals surface area contributed by atoms with E-state index in [0.717, 1.165) is 29.8 Å². The molecule has 2 aliphatic heterocycles. The van der Waals surface area contributed by atoms with Crippen molar-refractivity contribution in [2.45, 2.75) is 59.0 Å². The zero-order valence-corrected chi connectivity index (χ0v) is 12.1. The maximum Gasteiger partial charge on any atom is 0.0114 e. The van der Waals surface area contributed by atoms with Gasteiger partial charge in [0.05, 0.1) is 0 Å². The van der Waals surface area contributed by atoms with E-state index < -0.39 is 0 Å². The molecule has 2 rings (SSSR count). The summed E-state index contributed by atoms with van der Waals surface area (Å²) < 4.78 is 0. The van der Waals surface area contributed by atoms with E-state index in [1.54, 1.807) is 0 Å². The van der Waals surface area contributed by atoms with E-state index >= 15 is 0 Å². The first-order valence-electron chi connectivity index (χ1n) is 7.63. The molecule has 0 aromatic carbocycles. The number of hydrogen-bond donors (Lipinski definition) is 1. The van der Waals surface area contributed by atoms with Crippen molar-refractivity contribution >= 4 is 0 Å². The first kappa shape index (κ1) is 13.4. The molecule has 2 fully saturated rings. The fourth-order valence-electron chi connectivity index (χ4n) is 3.85. The molecule has 2 aliphatic rings. The molecule has 0 aromatic heterocycles. The maximum absolute atomic E-state index is 3.56. The van der Waals surface area contributed by atoms with Crippen LogP contribution in [0, 0.1) is 17.8 Å². The number of rotatable bonds is 5. The van der Waals surface area contributed by atoms with Gasteiger partial charge in [-0.05, 0) is 50.6 Å². The Morgan fingerprint density at radius 2 is 2.00 bits per heavy atom. The normalized spacial score (nSPS) is 37.1. The zero-order valence-electron chi connectivity index (χ0n) is 12.1. The summed E-state index contributed by atoms with van der Waals surface area (Å²) >= 11 is 0. The molecule has 2 heteroatoms. The van der Waals surface area contributed by atoms with Gasteiger partial charge in [0.1, 0.15) is 0 Å². The second-order valence-electron chi connectivity index (χ2n) is 6.33. The van der Waals surface area contributed by atoms with E-state index in [4.69, 9.17) is 0 Å². The van der Waals surface area contributed by atoms with Crippen molar-refractivity contribution in [3.05, 3.63) is 0 Å². The topological polar surface area (TPSA) is 15.3 Å². The van der Waals surface area contributed by atoms with Gasteiger partial charge in [-0.2, -0.15) is 0 Å². The first-order valence-corrected chi connectivity index (χ1v) is 7.63. The third kappa shape index (κ3) is 2.68. The van der Waals surface area contributed by atoms with Gasteiger partial charge in [-0.25, -0.2) is 0 Å². The summed E-state index contributed by atoms with van der Waals surface area (Å²) in [5, 5.41) is 3.56. The molecule has 2 heterocycles. The highest BCUT2D eigenvalue weighted by molar-refractivity contribution is 4.98. The Kier molecular flexibility index (Phi) is 4.48. The zero-order chi connectivity index (χ0) is 12.4. The monoisotopic (exact) mass is 238 g/mol. The van der Waals surface area contributed by atoms with Crippen LogP contribution in [0.5, 0.6) is 0 Å². The molecule has 1 N–H and O–H groups in total. The summed E-state index contributed by atoms with van der Waals surface area (Å²) in [4.78, 5) is 2.82. The molecule has 0 amide bonds. The highest BCUT2D eigenvalue weighted by Gasteiger charge is 2.43. The average Bonchev–Trinajstić information content (AvgIpc) is 2.90. The van der Waals surface area contributed by atoms with E-state index in [1.165, 1.54) is 38.9 Å². The summed E-state index contributed by atoms with van der Waals surface area (Å²) in [6.07, 6.45) is 4.04. The maximum atomic E-state index is 3.56. The largest absolute Gasteiger partial charge is 0.316 e. The molecule has 2 saturated heterocycles. The van der Waals surface area contributed by atoms with Crippen molar-refractivity contribution in [3.8, 4) is 0 Å². The molecular formula is C15H30N2. The Hall–Kier alpha value is -0.0800. The van der Waals surface area contributed by atoms with Gasteiger partial charge in [0, 0.05) is 18.6 Å². The fraction of sp³-hybridized carbons (Fsp3) is 1.00.